The lowest BCUT2D eigenvalue weighted by atomic mass is 10.3. The van der Waals surface area contributed by atoms with Crippen LogP contribution in [0.1, 0.15) is 25.3 Å². The van der Waals surface area contributed by atoms with Crippen molar-refractivity contribution in [1.82, 2.24) is 20.5 Å². The summed E-state index contributed by atoms with van der Waals surface area (Å²) in [6.07, 6.45) is 3.90. The van der Waals surface area contributed by atoms with Crippen LogP contribution in [0.3, 0.4) is 0 Å². The molecule has 1 aliphatic rings. The second-order valence-corrected chi connectivity index (χ2v) is 5.34. The SMILES string of the molecule is CCNC(=NCc1ccnc(OC)c1)NCC(=O)N1CCCC1.I. The van der Waals surface area contributed by atoms with Gasteiger partial charge in [0.25, 0.3) is 0 Å². The summed E-state index contributed by atoms with van der Waals surface area (Å²) >= 11 is 0. The second-order valence-electron chi connectivity index (χ2n) is 5.34. The largest absolute Gasteiger partial charge is 0.481 e. The number of nitrogens with one attached hydrogen (secondary N) is 2. The Kier molecular flexibility index (Phi) is 9.43. The van der Waals surface area contributed by atoms with Crippen molar-refractivity contribution in [2.24, 2.45) is 4.99 Å². The summed E-state index contributed by atoms with van der Waals surface area (Å²) in [4.78, 5) is 22.5. The number of nitrogens with zero attached hydrogens (tertiary/aromatic N) is 3. The molecule has 7 nitrogen and oxygen atoms in total. The molecule has 2 N–H and O–H groups in total. The van der Waals surface area contributed by atoms with Crippen LogP contribution in [-0.4, -0.2) is 55.0 Å². The molecular formula is C16H26IN5O2. The monoisotopic (exact) mass is 447 g/mol. The minimum absolute atomic E-state index is 0. The van der Waals surface area contributed by atoms with Crippen molar-refractivity contribution in [3.8, 4) is 5.88 Å². The molecule has 8 heteroatoms. The van der Waals surface area contributed by atoms with Crippen molar-refractivity contribution in [3.05, 3.63) is 23.9 Å². The van der Waals surface area contributed by atoms with Crippen LogP contribution in [0.4, 0.5) is 0 Å². The number of pyridine rings is 1. The molecule has 0 aromatic carbocycles. The highest BCUT2D eigenvalue weighted by Crippen LogP contribution is 2.09. The summed E-state index contributed by atoms with van der Waals surface area (Å²) in [6, 6.07) is 3.74. The van der Waals surface area contributed by atoms with Gasteiger partial charge in [0, 0.05) is 31.9 Å². The van der Waals surface area contributed by atoms with Gasteiger partial charge in [0.1, 0.15) is 0 Å². The first kappa shape index (κ1) is 20.5. The van der Waals surface area contributed by atoms with Crippen molar-refractivity contribution in [2.45, 2.75) is 26.3 Å². The predicted molar refractivity (Wildman–Crippen MR) is 105 cm³/mol. The van der Waals surface area contributed by atoms with Crippen molar-refractivity contribution < 1.29 is 9.53 Å². The van der Waals surface area contributed by atoms with Crippen LogP contribution < -0.4 is 15.4 Å². The Balaban J connectivity index is 0.00000288. The maximum Gasteiger partial charge on any atom is 0.241 e. The number of carbonyl (C=O) groups excluding carboxylic acids is 1. The number of hydrogen-bond donors (Lipinski definition) is 2. The van der Waals surface area contributed by atoms with Crippen LogP contribution in [0.25, 0.3) is 0 Å². The fourth-order valence-electron chi connectivity index (χ4n) is 2.41. The van der Waals surface area contributed by atoms with Crippen molar-refractivity contribution in [1.29, 1.82) is 0 Å². The van der Waals surface area contributed by atoms with E-state index in [2.05, 4.69) is 20.6 Å². The zero-order valence-corrected chi connectivity index (χ0v) is 16.6. The highest BCUT2D eigenvalue weighted by atomic mass is 127. The van der Waals surface area contributed by atoms with Gasteiger partial charge in [-0.1, -0.05) is 0 Å². The maximum absolute atomic E-state index is 12.1. The number of aliphatic imine (C=N–C) groups is 1. The molecule has 1 fully saturated rings. The number of guanidine groups is 1. The Morgan fingerprint density at radius 3 is 2.79 bits per heavy atom. The average molecular weight is 447 g/mol. The van der Waals surface area contributed by atoms with Gasteiger partial charge >= 0.3 is 0 Å². The molecule has 24 heavy (non-hydrogen) atoms. The molecule has 1 aromatic heterocycles. The Bertz CT molecular complexity index is 547. The number of ether oxygens (including phenoxy) is 1. The standard InChI is InChI=1S/C16H25N5O2.HI/c1-3-17-16(20-12-15(22)21-8-4-5-9-21)19-11-13-6-7-18-14(10-13)23-2;/h6-7,10H,3-5,8-9,11-12H2,1-2H3,(H2,17,19,20);1H. The van der Waals surface area contributed by atoms with E-state index in [4.69, 9.17) is 4.74 Å². The molecule has 1 aliphatic heterocycles. The first-order valence-electron chi connectivity index (χ1n) is 8.01. The Morgan fingerprint density at radius 2 is 2.12 bits per heavy atom. The molecule has 134 valence electrons. The van der Waals surface area contributed by atoms with Crippen LogP contribution in [0.15, 0.2) is 23.3 Å². The summed E-state index contributed by atoms with van der Waals surface area (Å²) < 4.78 is 5.10. The van der Waals surface area contributed by atoms with Gasteiger partial charge in [-0.15, -0.1) is 24.0 Å². The molecule has 1 amide bonds. The van der Waals surface area contributed by atoms with Gasteiger partial charge in [-0.2, -0.15) is 0 Å². The van der Waals surface area contributed by atoms with Gasteiger partial charge in [-0.05, 0) is 31.4 Å². The number of likely N-dealkylation sites (tertiary alicyclic amines) is 1. The minimum atomic E-state index is 0. The van der Waals surface area contributed by atoms with Gasteiger partial charge in [0.15, 0.2) is 5.96 Å². The summed E-state index contributed by atoms with van der Waals surface area (Å²) in [7, 11) is 1.59. The fourth-order valence-corrected chi connectivity index (χ4v) is 2.41. The zero-order chi connectivity index (χ0) is 16.5. The van der Waals surface area contributed by atoms with E-state index in [9.17, 15) is 4.79 Å². The molecule has 1 aromatic rings. The van der Waals surface area contributed by atoms with Gasteiger partial charge in [-0.25, -0.2) is 9.98 Å². The molecule has 0 radical (unpaired) electrons. The number of halogens is 1. The van der Waals surface area contributed by atoms with Gasteiger partial charge in [-0.3, -0.25) is 4.79 Å². The van der Waals surface area contributed by atoms with Crippen LogP contribution in [0.5, 0.6) is 5.88 Å². The average Bonchev–Trinajstić information content (AvgIpc) is 3.12. The van der Waals surface area contributed by atoms with E-state index in [1.165, 1.54) is 0 Å². The van der Waals surface area contributed by atoms with Crippen LogP contribution in [0.2, 0.25) is 0 Å². The zero-order valence-electron chi connectivity index (χ0n) is 14.2. The normalized spacial score (nSPS) is 14.1. The van der Waals surface area contributed by atoms with Crippen LogP contribution in [-0.2, 0) is 11.3 Å². The topological polar surface area (TPSA) is 78.9 Å². The molecular weight excluding hydrogens is 421 g/mol. The number of hydrogen-bond acceptors (Lipinski definition) is 4. The van der Waals surface area contributed by atoms with Crippen LogP contribution >= 0.6 is 24.0 Å². The third-order valence-electron chi connectivity index (χ3n) is 3.64. The second kappa shape index (κ2) is 11.1. The predicted octanol–water partition coefficient (Wildman–Crippen LogP) is 1.39. The number of carbonyl (C=O) groups is 1. The van der Waals surface area contributed by atoms with E-state index < -0.39 is 0 Å². The lowest BCUT2D eigenvalue weighted by Crippen LogP contribution is -2.44. The molecule has 0 unspecified atom stereocenters. The van der Waals surface area contributed by atoms with E-state index >= 15 is 0 Å². The molecule has 0 spiro atoms. The Labute approximate surface area is 160 Å². The molecule has 0 saturated carbocycles. The molecule has 0 atom stereocenters. The number of amides is 1. The molecule has 0 aliphatic carbocycles. The van der Waals surface area contributed by atoms with Crippen molar-refractivity contribution in [2.75, 3.05) is 33.3 Å². The summed E-state index contributed by atoms with van der Waals surface area (Å²) in [5, 5.41) is 6.25. The van der Waals surface area contributed by atoms with Crippen molar-refractivity contribution >= 4 is 35.8 Å². The van der Waals surface area contributed by atoms with Gasteiger partial charge in [0.2, 0.25) is 11.8 Å². The smallest absolute Gasteiger partial charge is 0.241 e. The van der Waals surface area contributed by atoms with E-state index in [-0.39, 0.29) is 36.4 Å². The third kappa shape index (κ3) is 6.50. The molecule has 0 bridgehead atoms. The quantitative estimate of drug-likeness (QED) is 0.392. The summed E-state index contributed by atoms with van der Waals surface area (Å²) in [6.45, 7) is 5.23. The van der Waals surface area contributed by atoms with E-state index in [1.54, 1.807) is 13.3 Å². The highest BCUT2D eigenvalue weighted by molar-refractivity contribution is 14.0. The van der Waals surface area contributed by atoms with Gasteiger partial charge in [0.05, 0.1) is 20.2 Å². The van der Waals surface area contributed by atoms with E-state index in [1.807, 2.05) is 24.0 Å². The van der Waals surface area contributed by atoms with E-state index in [0.29, 0.717) is 18.4 Å². The van der Waals surface area contributed by atoms with Crippen LogP contribution in [0, 0.1) is 0 Å². The first-order valence-corrected chi connectivity index (χ1v) is 8.01. The minimum Gasteiger partial charge on any atom is -0.481 e. The summed E-state index contributed by atoms with van der Waals surface area (Å²) in [5.41, 5.74) is 1.000. The fraction of sp³-hybridized carbons (Fsp3) is 0.562. The van der Waals surface area contributed by atoms with Crippen molar-refractivity contribution in [3.63, 3.8) is 0 Å². The van der Waals surface area contributed by atoms with E-state index in [0.717, 1.165) is 38.0 Å². The lowest BCUT2D eigenvalue weighted by molar-refractivity contribution is -0.128. The molecule has 2 rings (SSSR count). The highest BCUT2D eigenvalue weighted by Gasteiger charge is 2.17. The Hall–Kier alpha value is -1.58. The molecule has 1 saturated heterocycles. The number of aromatic nitrogens is 1. The Morgan fingerprint density at radius 1 is 1.38 bits per heavy atom. The first-order chi connectivity index (χ1) is 11.2. The lowest BCUT2D eigenvalue weighted by Gasteiger charge is -2.17. The third-order valence-corrected chi connectivity index (χ3v) is 3.64. The maximum atomic E-state index is 12.1. The van der Waals surface area contributed by atoms with Gasteiger partial charge < -0.3 is 20.3 Å². The number of rotatable bonds is 6. The summed E-state index contributed by atoms with van der Waals surface area (Å²) in [5.74, 6) is 1.33. The number of methoxy groups -OCH3 is 1. The molecule has 2 heterocycles.